The van der Waals surface area contributed by atoms with E-state index in [0.29, 0.717) is 6.04 Å². The minimum atomic E-state index is 0.703. The summed E-state index contributed by atoms with van der Waals surface area (Å²) in [4.78, 5) is 2.60. The van der Waals surface area contributed by atoms with Crippen LogP contribution in [0.4, 0.5) is 0 Å². The van der Waals surface area contributed by atoms with Gasteiger partial charge in [-0.15, -0.1) is 0 Å². The Balaban J connectivity index is 1.66. The van der Waals surface area contributed by atoms with Crippen molar-refractivity contribution in [3.05, 3.63) is 35.9 Å². The van der Waals surface area contributed by atoms with Gasteiger partial charge >= 0.3 is 0 Å². The molecule has 1 aromatic rings. The molecule has 0 aromatic heterocycles. The van der Waals surface area contributed by atoms with Gasteiger partial charge in [-0.05, 0) is 37.9 Å². The Morgan fingerprint density at radius 3 is 2.80 bits per heavy atom. The largest absolute Gasteiger partial charge is 0.313 e. The van der Waals surface area contributed by atoms with E-state index in [2.05, 4.69) is 47.5 Å². The summed E-state index contributed by atoms with van der Waals surface area (Å²) >= 11 is 0. The Labute approximate surface area is 124 Å². The second-order valence-corrected chi connectivity index (χ2v) is 6.07. The van der Waals surface area contributed by atoms with Crippen LogP contribution >= 0.6 is 0 Å². The van der Waals surface area contributed by atoms with E-state index in [0.717, 1.165) is 6.54 Å². The van der Waals surface area contributed by atoms with Gasteiger partial charge in [0.2, 0.25) is 0 Å². The Morgan fingerprint density at radius 2 is 2.00 bits per heavy atom. The zero-order valence-electron chi connectivity index (χ0n) is 13.0. The molecule has 1 aliphatic heterocycles. The first-order valence-electron chi connectivity index (χ1n) is 8.38. The van der Waals surface area contributed by atoms with E-state index in [-0.39, 0.29) is 0 Å². The molecule has 112 valence electrons. The minimum absolute atomic E-state index is 0.703. The van der Waals surface area contributed by atoms with Gasteiger partial charge in [0.15, 0.2) is 0 Å². The van der Waals surface area contributed by atoms with Crippen molar-refractivity contribution in [1.29, 1.82) is 0 Å². The molecule has 1 unspecified atom stereocenters. The molecule has 1 saturated heterocycles. The summed E-state index contributed by atoms with van der Waals surface area (Å²) in [6.07, 6.45) is 8.10. The normalized spacial score (nSPS) is 20.1. The molecule has 1 N–H and O–H groups in total. The highest BCUT2D eigenvalue weighted by Gasteiger charge is 2.18. The molecule has 0 spiro atoms. The zero-order valence-corrected chi connectivity index (χ0v) is 13.0. The summed E-state index contributed by atoms with van der Waals surface area (Å²) in [5, 5.41) is 3.75. The van der Waals surface area contributed by atoms with E-state index in [4.69, 9.17) is 0 Å². The van der Waals surface area contributed by atoms with Crippen LogP contribution in [0.1, 0.15) is 51.0 Å². The van der Waals surface area contributed by atoms with Gasteiger partial charge in [-0.25, -0.2) is 0 Å². The fourth-order valence-electron chi connectivity index (χ4n) is 3.07. The van der Waals surface area contributed by atoms with Gasteiger partial charge in [0.1, 0.15) is 0 Å². The predicted octanol–water partition coefficient (Wildman–Crippen LogP) is 3.82. The van der Waals surface area contributed by atoms with Crippen molar-refractivity contribution in [3.63, 3.8) is 0 Å². The first kappa shape index (κ1) is 15.5. The Morgan fingerprint density at radius 1 is 1.15 bits per heavy atom. The van der Waals surface area contributed by atoms with Crippen LogP contribution in [-0.2, 0) is 6.54 Å². The molecule has 2 nitrogen and oxygen atoms in total. The van der Waals surface area contributed by atoms with Crippen LogP contribution in [0.25, 0.3) is 0 Å². The van der Waals surface area contributed by atoms with Gasteiger partial charge in [0, 0.05) is 19.1 Å². The monoisotopic (exact) mass is 274 g/mol. The molecule has 0 radical (unpaired) electrons. The maximum Gasteiger partial charge on any atom is 0.0234 e. The summed E-state index contributed by atoms with van der Waals surface area (Å²) in [6, 6.07) is 11.6. The third kappa shape index (κ3) is 5.64. The van der Waals surface area contributed by atoms with Crippen molar-refractivity contribution < 1.29 is 0 Å². The molecule has 1 fully saturated rings. The number of piperidine rings is 1. The quantitative estimate of drug-likeness (QED) is 0.725. The SMILES string of the molecule is CCCCCCNC1CCCN(Cc2ccccc2)C1. The smallest absolute Gasteiger partial charge is 0.0234 e. The van der Waals surface area contributed by atoms with Gasteiger partial charge in [-0.3, -0.25) is 4.90 Å². The molecule has 0 saturated carbocycles. The first-order valence-corrected chi connectivity index (χ1v) is 8.38. The van der Waals surface area contributed by atoms with Crippen LogP contribution in [0.15, 0.2) is 30.3 Å². The number of likely N-dealkylation sites (tertiary alicyclic amines) is 1. The minimum Gasteiger partial charge on any atom is -0.313 e. The number of benzene rings is 1. The van der Waals surface area contributed by atoms with Crippen molar-refractivity contribution in [2.24, 2.45) is 0 Å². The standard InChI is InChI=1S/C18H30N2/c1-2-3-4-8-13-19-18-12-9-14-20(16-18)15-17-10-6-5-7-11-17/h5-7,10-11,18-19H,2-4,8-9,12-16H2,1H3. The average Bonchev–Trinajstić information content (AvgIpc) is 2.48. The number of unbranched alkanes of at least 4 members (excludes halogenated alkanes) is 3. The predicted molar refractivity (Wildman–Crippen MR) is 86.9 cm³/mol. The lowest BCUT2D eigenvalue weighted by molar-refractivity contribution is 0.183. The molecule has 1 aliphatic rings. The molecule has 0 bridgehead atoms. The first-order chi connectivity index (χ1) is 9.88. The maximum absolute atomic E-state index is 3.75. The Kier molecular flexibility index (Phi) is 7.10. The summed E-state index contributed by atoms with van der Waals surface area (Å²) in [5.74, 6) is 0. The van der Waals surface area contributed by atoms with Crippen molar-refractivity contribution in [2.75, 3.05) is 19.6 Å². The molecule has 2 heteroatoms. The Bertz CT molecular complexity index is 350. The number of rotatable bonds is 8. The number of nitrogens with zero attached hydrogens (tertiary/aromatic N) is 1. The summed E-state index contributed by atoms with van der Waals surface area (Å²) in [5.41, 5.74) is 1.44. The highest BCUT2D eigenvalue weighted by atomic mass is 15.2. The summed E-state index contributed by atoms with van der Waals surface area (Å²) < 4.78 is 0. The van der Waals surface area contributed by atoms with E-state index in [1.807, 2.05) is 0 Å². The molecule has 0 aliphatic carbocycles. The van der Waals surface area contributed by atoms with E-state index in [9.17, 15) is 0 Å². The molecule has 20 heavy (non-hydrogen) atoms. The summed E-state index contributed by atoms with van der Waals surface area (Å²) in [6.45, 7) is 7.04. The number of hydrogen-bond acceptors (Lipinski definition) is 2. The van der Waals surface area contributed by atoms with Crippen LogP contribution in [0, 0.1) is 0 Å². The molecule has 0 amide bonds. The van der Waals surface area contributed by atoms with Gasteiger partial charge in [-0.2, -0.15) is 0 Å². The van der Waals surface area contributed by atoms with E-state index < -0.39 is 0 Å². The van der Waals surface area contributed by atoms with Crippen molar-refractivity contribution >= 4 is 0 Å². The molecular weight excluding hydrogens is 244 g/mol. The lowest BCUT2D eigenvalue weighted by atomic mass is 10.0. The van der Waals surface area contributed by atoms with E-state index in [1.54, 1.807) is 0 Å². The third-order valence-corrected chi connectivity index (χ3v) is 4.22. The van der Waals surface area contributed by atoms with E-state index >= 15 is 0 Å². The molecule has 2 rings (SSSR count). The van der Waals surface area contributed by atoms with Crippen molar-refractivity contribution in [3.8, 4) is 0 Å². The van der Waals surface area contributed by atoms with Gasteiger partial charge < -0.3 is 5.32 Å². The molecule has 1 aromatic carbocycles. The van der Waals surface area contributed by atoms with Crippen molar-refractivity contribution in [1.82, 2.24) is 10.2 Å². The topological polar surface area (TPSA) is 15.3 Å². The molecule has 1 atom stereocenters. The lowest BCUT2D eigenvalue weighted by Crippen LogP contribution is -2.45. The maximum atomic E-state index is 3.75. The summed E-state index contributed by atoms with van der Waals surface area (Å²) in [7, 11) is 0. The molecular formula is C18H30N2. The van der Waals surface area contributed by atoms with Crippen LogP contribution in [0.5, 0.6) is 0 Å². The fourth-order valence-corrected chi connectivity index (χ4v) is 3.07. The number of hydrogen-bond donors (Lipinski definition) is 1. The zero-order chi connectivity index (χ0) is 14.0. The average molecular weight is 274 g/mol. The van der Waals surface area contributed by atoms with E-state index in [1.165, 1.54) is 63.7 Å². The molecule has 1 heterocycles. The van der Waals surface area contributed by atoms with Crippen LogP contribution in [0.3, 0.4) is 0 Å². The van der Waals surface area contributed by atoms with Crippen LogP contribution < -0.4 is 5.32 Å². The highest BCUT2D eigenvalue weighted by Crippen LogP contribution is 2.13. The van der Waals surface area contributed by atoms with Crippen molar-refractivity contribution in [2.45, 2.75) is 58.0 Å². The second-order valence-electron chi connectivity index (χ2n) is 6.07. The van der Waals surface area contributed by atoms with Gasteiger partial charge in [0.05, 0.1) is 0 Å². The van der Waals surface area contributed by atoms with Gasteiger partial charge in [-0.1, -0.05) is 56.5 Å². The fraction of sp³-hybridized carbons (Fsp3) is 0.667. The number of nitrogens with one attached hydrogen (secondary N) is 1. The lowest BCUT2D eigenvalue weighted by Gasteiger charge is -2.33. The Hall–Kier alpha value is -0.860. The highest BCUT2D eigenvalue weighted by molar-refractivity contribution is 5.14. The van der Waals surface area contributed by atoms with Crippen LogP contribution in [-0.4, -0.2) is 30.6 Å². The third-order valence-electron chi connectivity index (χ3n) is 4.22. The second kappa shape index (κ2) is 9.15. The van der Waals surface area contributed by atoms with Gasteiger partial charge in [0.25, 0.3) is 0 Å². The van der Waals surface area contributed by atoms with Crippen LogP contribution in [0.2, 0.25) is 0 Å².